The van der Waals surface area contributed by atoms with Crippen LogP contribution < -0.4 is 10.6 Å². The second kappa shape index (κ2) is 7.73. The summed E-state index contributed by atoms with van der Waals surface area (Å²) in [5, 5.41) is 4.72. The van der Waals surface area contributed by atoms with E-state index in [1.54, 1.807) is 0 Å². The summed E-state index contributed by atoms with van der Waals surface area (Å²) < 4.78 is 29.6. The van der Waals surface area contributed by atoms with E-state index in [1.807, 2.05) is 0 Å². The number of benzene rings is 2. The summed E-state index contributed by atoms with van der Waals surface area (Å²) in [6.45, 7) is -0.0663. The molecule has 0 radical (unpaired) electrons. The zero-order valence-corrected chi connectivity index (χ0v) is 16.7. The normalized spacial score (nSPS) is 18.6. The van der Waals surface area contributed by atoms with Crippen LogP contribution in [0.3, 0.4) is 0 Å². The highest BCUT2D eigenvalue weighted by molar-refractivity contribution is 6.30. The van der Waals surface area contributed by atoms with Gasteiger partial charge in [0.25, 0.3) is 11.8 Å². The van der Waals surface area contributed by atoms with Crippen molar-refractivity contribution in [2.24, 2.45) is 0 Å². The Labute approximate surface area is 180 Å². The lowest BCUT2D eigenvalue weighted by Gasteiger charge is -2.29. The number of fused-ring (bicyclic) bond motifs is 1. The minimum Gasteiger partial charge on any atom is -0.322 e. The Kier molecular flexibility index (Phi) is 5.22. The van der Waals surface area contributed by atoms with E-state index in [2.05, 4.69) is 10.6 Å². The van der Waals surface area contributed by atoms with Crippen molar-refractivity contribution in [2.45, 2.75) is 31.4 Å². The van der Waals surface area contributed by atoms with Gasteiger partial charge in [-0.3, -0.25) is 24.5 Å². The number of nitrogens with zero attached hydrogens (tertiary/aromatic N) is 1. The second-order valence-corrected chi connectivity index (χ2v) is 7.74. The largest absolute Gasteiger partial charge is 0.350 e. The minimum atomic E-state index is -3.86. The van der Waals surface area contributed by atoms with Gasteiger partial charge in [-0.2, -0.15) is 8.78 Å². The van der Waals surface area contributed by atoms with Crippen LogP contribution >= 0.6 is 11.6 Å². The predicted octanol–water partition coefficient (Wildman–Crippen LogP) is 2.83. The topological polar surface area (TPSA) is 95.6 Å². The first kappa shape index (κ1) is 20.9. The molecule has 31 heavy (non-hydrogen) atoms. The van der Waals surface area contributed by atoms with E-state index in [0.29, 0.717) is 5.02 Å². The first-order valence-electron chi connectivity index (χ1n) is 9.39. The Morgan fingerprint density at radius 3 is 2.52 bits per heavy atom. The minimum absolute atomic E-state index is 0.0663. The number of nitrogens with one attached hydrogen (secondary N) is 2. The lowest BCUT2D eigenvalue weighted by molar-refractivity contribution is -0.141. The molecule has 10 heteroatoms. The number of piperidine rings is 1. The van der Waals surface area contributed by atoms with E-state index in [4.69, 9.17) is 11.6 Å². The van der Waals surface area contributed by atoms with E-state index in [9.17, 15) is 28.0 Å². The third-order valence-electron chi connectivity index (χ3n) is 5.27. The fourth-order valence-corrected chi connectivity index (χ4v) is 3.77. The summed E-state index contributed by atoms with van der Waals surface area (Å²) in [5.41, 5.74) is 0.0543. The summed E-state index contributed by atoms with van der Waals surface area (Å²) >= 11 is 5.75. The van der Waals surface area contributed by atoms with Gasteiger partial charge in [-0.05, 0) is 48.4 Å². The van der Waals surface area contributed by atoms with Gasteiger partial charge < -0.3 is 10.2 Å². The van der Waals surface area contributed by atoms with Gasteiger partial charge in [0.05, 0.1) is 0 Å². The number of imide groups is 1. The van der Waals surface area contributed by atoms with Crippen molar-refractivity contribution in [1.29, 1.82) is 0 Å². The van der Waals surface area contributed by atoms with Gasteiger partial charge in [0.2, 0.25) is 11.8 Å². The molecule has 0 bridgehead atoms. The van der Waals surface area contributed by atoms with Crippen LogP contribution in [0.4, 0.5) is 14.5 Å². The van der Waals surface area contributed by atoms with Crippen LogP contribution in [0.25, 0.3) is 0 Å². The molecule has 4 rings (SSSR count). The van der Waals surface area contributed by atoms with Crippen LogP contribution in [-0.2, 0) is 26.9 Å². The quantitative estimate of drug-likeness (QED) is 0.704. The smallest absolute Gasteiger partial charge is 0.322 e. The van der Waals surface area contributed by atoms with Gasteiger partial charge in [-0.15, -0.1) is 0 Å². The molecule has 2 aliphatic heterocycles. The molecular formula is C21H16ClF2N3O4. The average Bonchev–Trinajstić information content (AvgIpc) is 3.05. The molecule has 0 aliphatic carbocycles. The highest BCUT2D eigenvalue weighted by atomic mass is 35.5. The third kappa shape index (κ3) is 3.88. The highest BCUT2D eigenvalue weighted by Crippen LogP contribution is 2.34. The maximum Gasteiger partial charge on any atom is 0.350 e. The molecule has 1 saturated heterocycles. The lowest BCUT2D eigenvalue weighted by Crippen LogP contribution is -2.52. The van der Waals surface area contributed by atoms with Gasteiger partial charge in [0.1, 0.15) is 6.04 Å². The van der Waals surface area contributed by atoms with Gasteiger partial charge >= 0.3 is 5.92 Å². The fraction of sp³-hybridized carbons (Fsp3) is 0.238. The number of halogens is 3. The summed E-state index contributed by atoms with van der Waals surface area (Å²) in [6, 6.07) is 8.20. The number of carbonyl (C=O) groups excluding carboxylic acids is 4. The number of rotatable bonds is 4. The molecule has 160 valence electrons. The van der Waals surface area contributed by atoms with Crippen molar-refractivity contribution in [3.63, 3.8) is 0 Å². The average molecular weight is 448 g/mol. The van der Waals surface area contributed by atoms with Crippen molar-refractivity contribution in [1.82, 2.24) is 10.2 Å². The van der Waals surface area contributed by atoms with Gasteiger partial charge in [-0.25, -0.2) is 0 Å². The predicted molar refractivity (Wildman–Crippen MR) is 106 cm³/mol. The monoisotopic (exact) mass is 447 g/mol. The molecule has 1 fully saturated rings. The number of hydrogen-bond acceptors (Lipinski definition) is 4. The second-order valence-electron chi connectivity index (χ2n) is 7.31. The zero-order chi connectivity index (χ0) is 22.3. The molecule has 2 aromatic rings. The Balaban J connectivity index is 1.54. The molecule has 4 amide bonds. The Morgan fingerprint density at radius 1 is 1.13 bits per heavy atom. The van der Waals surface area contributed by atoms with Crippen LogP contribution in [0.1, 0.15) is 34.3 Å². The van der Waals surface area contributed by atoms with Crippen molar-refractivity contribution in [3.05, 3.63) is 64.2 Å². The Morgan fingerprint density at radius 2 is 1.84 bits per heavy atom. The van der Waals surface area contributed by atoms with Crippen molar-refractivity contribution in [2.75, 3.05) is 5.32 Å². The van der Waals surface area contributed by atoms with Crippen molar-refractivity contribution in [3.8, 4) is 0 Å². The SMILES string of the molecule is O=C1CCC(N2Cc3cc(C(F)(F)C(=O)Nc4ccc(Cl)cc4)ccc3C2=O)C(=O)N1. The zero-order valence-electron chi connectivity index (χ0n) is 16.0. The summed E-state index contributed by atoms with van der Waals surface area (Å²) in [6.07, 6.45) is 0.252. The highest BCUT2D eigenvalue weighted by Gasteiger charge is 2.44. The number of anilines is 1. The van der Waals surface area contributed by atoms with Crippen LogP contribution in [0.5, 0.6) is 0 Å². The lowest BCUT2D eigenvalue weighted by atomic mass is 10.0. The van der Waals surface area contributed by atoms with E-state index in [-0.39, 0.29) is 36.2 Å². The first-order chi connectivity index (χ1) is 14.7. The van der Waals surface area contributed by atoms with Gasteiger partial charge in [-0.1, -0.05) is 17.7 Å². The number of alkyl halides is 2. The number of hydrogen-bond donors (Lipinski definition) is 2. The molecule has 1 unspecified atom stereocenters. The van der Waals surface area contributed by atoms with Crippen LogP contribution in [-0.4, -0.2) is 34.6 Å². The molecular weight excluding hydrogens is 432 g/mol. The summed E-state index contributed by atoms with van der Waals surface area (Å²) in [5.74, 6) is -6.88. The first-order valence-corrected chi connectivity index (χ1v) is 9.77. The van der Waals surface area contributed by atoms with Crippen molar-refractivity contribution < 1.29 is 28.0 Å². The van der Waals surface area contributed by atoms with Crippen molar-refractivity contribution >= 4 is 40.9 Å². The molecule has 7 nitrogen and oxygen atoms in total. The molecule has 2 aliphatic rings. The third-order valence-corrected chi connectivity index (χ3v) is 5.53. The van der Waals surface area contributed by atoms with E-state index in [1.165, 1.54) is 35.2 Å². The maximum absolute atomic E-state index is 14.8. The standard InChI is InChI=1S/C21H16ClF2N3O4/c22-13-2-4-14(5-3-13)25-20(31)21(23,24)12-1-6-15-11(9-12)10-27(19(15)30)16-7-8-17(28)26-18(16)29/h1-6,9,16H,7-8,10H2,(H,25,31)(H,26,28,29). The molecule has 0 aromatic heterocycles. The van der Waals surface area contributed by atoms with E-state index in [0.717, 1.165) is 12.1 Å². The molecule has 1 atom stereocenters. The summed E-state index contributed by atoms with van der Waals surface area (Å²) in [4.78, 5) is 49.6. The van der Waals surface area contributed by atoms with E-state index < -0.39 is 41.2 Å². The van der Waals surface area contributed by atoms with Crippen LogP contribution in [0, 0.1) is 0 Å². The molecule has 2 N–H and O–H groups in total. The maximum atomic E-state index is 14.8. The molecule has 2 aromatic carbocycles. The molecule has 0 spiro atoms. The fourth-order valence-electron chi connectivity index (χ4n) is 3.64. The van der Waals surface area contributed by atoms with Gasteiger partial charge in [0.15, 0.2) is 0 Å². The van der Waals surface area contributed by atoms with Crippen LogP contribution in [0.15, 0.2) is 42.5 Å². The molecule has 2 heterocycles. The number of carbonyl (C=O) groups is 4. The summed E-state index contributed by atoms with van der Waals surface area (Å²) in [7, 11) is 0. The van der Waals surface area contributed by atoms with Gasteiger partial charge in [0, 0.05) is 34.8 Å². The van der Waals surface area contributed by atoms with E-state index >= 15 is 0 Å². The number of amides is 4. The Hall–Kier alpha value is -3.33. The van der Waals surface area contributed by atoms with Crippen LogP contribution in [0.2, 0.25) is 5.02 Å². The molecule has 0 saturated carbocycles. The Bertz CT molecular complexity index is 1100.